The van der Waals surface area contributed by atoms with Gasteiger partial charge in [-0.15, -0.1) is 6.58 Å². The molecule has 0 bridgehead atoms. The van der Waals surface area contributed by atoms with E-state index in [0.29, 0.717) is 19.6 Å². The molecule has 0 rings (SSSR count). The number of rotatable bonds is 7. The van der Waals surface area contributed by atoms with Crippen LogP contribution in [-0.4, -0.2) is 19.2 Å². The lowest BCUT2D eigenvalue weighted by atomic mass is 10.2. The molecule has 0 heterocycles. The zero-order chi connectivity index (χ0) is 9.94. The molecule has 1 amide bonds. The average Bonchev–Trinajstić information content (AvgIpc) is 2.13. The molecule has 76 valence electrons. The van der Waals surface area contributed by atoms with E-state index in [4.69, 9.17) is 4.74 Å². The topological polar surface area (TPSA) is 38.3 Å². The lowest BCUT2D eigenvalue weighted by Crippen LogP contribution is -2.25. The highest BCUT2D eigenvalue weighted by Crippen LogP contribution is 1.91. The van der Waals surface area contributed by atoms with Crippen molar-refractivity contribution in [3.8, 4) is 0 Å². The van der Waals surface area contributed by atoms with Crippen LogP contribution >= 0.6 is 0 Å². The molecule has 0 aliphatic heterocycles. The molecule has 0 saturated heterocycles. The van der Waals surface area contributed by atoms with Gasteiger partial charge in [-0.3, -0.25) is 0 Å². The number of carbonyl (C=O) groups is 1. The summed E-state index contributed by atoms with van der Waals surface area (Å²) in [5.74, 6) is 0. The number of unbranched alkanes of at least 4 members (excludes halogenated alkanes) is 2. The molecular weight excluding hydrogens is 166 g/mol. The highest BCUT2D eigenvalue weighted by atomic mass is 16.5. The summed E-state index contributed by atoms with van der Waals surface area (Å²) in [5, 5.41) is 2.68. The van der Waals surface area contributed by atoms with Crippen LogP contribution in [0.15, 0.2) is 12.7 Å². The maximum Gasteiger partial charge on any atom is 0.407 e. The molecule has 13 heavy (non-hydrogen) atoms. The molecule has 1 N–H and O–H groups in total. The van der Waals surface area contributed by atoms with Crippen LogP contribution in [0.3, 0.4) is 0 Å². The molecule has 0 unspecified atom stereocenters. The smallest absolute Gasteiger partial charge is 0.407 e. The number of amides is 1. The first-order chi connectivity index (χ1) is 6.31. The van der Waals surface area contributed by atoms with Crippen LogP contribution in [-0.2, 0) is 4.74 Å². The Bertz CT molecular complexity index is 146. The Hall–Kier alpha value is -0.990. The van der Waals surface area contributed by atoms with Crippen molar-refractivity contribution in [2.75, 3.05) is 13.2 Å². The van der Waals surface area contributed by atoms with E-state index in [-0.39, 0.29) is 6.09 Å². The Morgan fingerprint density at radius 2 is 2.31 bits per heavy atom. The molecule has 0 aromatic heterocycles. The predicted octanol–water partition coefficient (Wildman–Crippen LogP) is 2.48. The molecule has 3 heteroatoms. The number of hydrogen-bond donors (Lipinski definition) is 1. The van der Waals surface area contributed by atoms with E-state index in [9.17, 15) is 4.79 Å². The Morgan fingerprint density at radius 1 is 1.54 bits per heavy atom. The van der Waals surface area contributed by atoms with Crippen molar-refractivity contribution in [2.45, 2.75) is 32.6 Å². The van der Waals surface area contributed by atoms with Crippen LogP contribution in [0.25, 0.3) is 0 Å². The third kappa shape index (κ3) is 8.92. The fourth-order valence-corrected chi connectivity index (χ4v) is 0.851. The van der Waals surface area contributed by atoms with Crippen molar-refractivity contribution in [1.82, 2.24) is 5.32 Å². The van der Waals surface area contributed by atoms with E-state index < -0.39 is 0 Å². The zero-order valence-electron chi connectivity index (χ0n) is 8.34. The van der Waals surface area contributed by atoms with E-state index >= 15 is 0 Å². The van der Waals surface area contributed by atoms with Crippen molar-refractivity contribution < 1.29 is 9.53 Å². The van der Waals surface area contributed by atoms with Crippen molar-refractivity contribution in [3.05, 3.63) is 12.7 Å². The van der Waals surface area contributed by atoms with E-state index in [1.165, 1.54) is 0 Å². The molecule has 0 aliphatic carbocycles. The lowest BCUT2D eigenvalue weighted by Gasteiger charge is -2.04. The molecule has 0 atom stereocenters. The largest absolute Gasteiger partial charge is 0.449 e. The van der Waals surface area contributed by atoms with E-state index in [0.717, 1.165) is 19.3 Å². The summed E-state index contributed by atoms with van der Waals surface area (Å²) in [6.45, 7) is 6.79. The molecule has 0 fully saturated rings. The number of alkyl carbamates (subject to hydrolysis) is 1. The van der Waals surface area contributed by atoms with Crippen LogP contribution < -0.4 is 5.32 Å². The minimum atomic E-state index is -0.321. The first-order valence-electron chi connectivity index (χ1n) is 4.82. The molecule has 0 spiro atoms. The van der Waals surface area contributed by atoms with Gasteiger partial charge in [0.15, 0.2) is 0 Å². The Kier molecular flexibility index (Phi) is 8.41. The monoisotopic (exact) mass is 185 g/mol. The number of nitrogens with one attached hydrogen (secondary N) is 1. The van der Waals surface area contributed by atoms with Crippen LogP contribution in [0.5, 0.6) is 0 Å². The van der Waals surface area contributed by atoms with Gasteiger partial charge in [0.2, 0.25) is 0 Å². The van der Waals surface area contributed by atoms with Gasteiger partial charge in [-0.2, -0.15) is 0 Å². The minimum absolute atomic E-state index is 0.321. The second-order valence-electron chi connectivity index (χ2n) is 2.85. The SMILES string of the molecule is C=CCCOC(=O)NCCCCC. The summed E-state index contributed by atoms with van der Waals surface area (Å²) in [6.07, 6.45) is 5.44. The highest BCUT2D eigenvalue weighted by molar-refractivity contribution is 5.66. The maximum atomic E-state index is 10.9. The van der Waals surface area contributed by atoms with Crippen molar-refractivity contribution in [1.29, 1.82) is 0 Å². The van der Waals surface area contributed by atoms with Gasteiger partial charge in [-0.05, 0) is 12.8 Å². The second-order valence-corrected chi connectivity index (χ2v) is 2.85. The van der Waals surface area contributed by atoms with Gasteiger partial charge >= 0.3 is 6.09 Å². The Morgan fingerprint density at radius 3 is 2.92 bits per heavy atom. The normalized spacial score (nSPS) is 9.31. The molecule has 0 aliphatic rings. The minimum Gasteiger partial charge on any atom is -0.449 e. The molecule has 0 radical (unpaired) electrons. The zero-order valence-corrected chi connectivity index (χ0v) is 8.34. The Labute approximate surface area is 80.2 Å². The summed E-state index contributed by atoms with van der Waals surface area (Å²) in [4.78, 5) is 10.9. The van der Waals surface area contributed by atoms with Crippen LogP contribution in [0.1, 0.15) is 32.6 Å². The Balaban J connectivity index is 3.15. The summed E-state index contributed by atoms with van der Waals surface area (Å²) >= 11 is 0. The van der Waals surface area contributed by atoms with Crippen LogP contribution in [0.4, 0.5) is 4.79 Å². The highest BCUT2D eigenvalue weighted by Gasteiger charge is 1.98. The molecule has 0 saturated carbocycles. The van der Waals surface area contributed by atoms with Gasteiger partial charge in [0.25, 0.3) is 0 Å². The third-order valence-electron chi connectivity index (χ3n) is 1.60. The molecule has 3 nitrogen and oxygen atoms in total. The van der Waals surface area contributed by atoms with Crippen molar-refractivity contribution in [3.63, 3.8) is 0 Å². The van der Waals surface area contributed by atoms with Gasteiger partial charge < -0.3 is 10.1 Å². The van der Waals surface area contributed by atoms with Gasteiger partial charge in [-0.1, -0.05) is 25.8 Å². The average molecular weight is 185 g/mol. The third-order valence-corrected chi connectivity index (χ3v) is 1.60. The fraction of sp³-hybridized carbons (Fsp3) is 0.700. The first kappa shape index (κ1) is 12.0. The summed E-state index contributed by atoms with van der Waals surface area (Å²) in [6, 6.07) is 0. The van der Waals surface area contributed by atoms with Gasteiger partial charge in [0, 0.05) is 6.54 Å². The second kappa shape index (κ2) is 9.10. The number of ether oxygens (including phenoxy) is 1. The van der Waals surface area contributed by atoms with E-state index in [1.54, 1.807) is 6.08 Å². The van der Waals surface area contributed by atoms with Gasteiger partial charge in [0.05, 0.1) is 6.61 Å². The molecular formula is C10H19NO2. The van der Waals surface area contributed by atoms with Crippen molar-refractivity contribution in [2.24, 2.45) is 0 Å². The van der Waals surface area contributed by atoms with Crippen molar-refractivity contribution >= 4 is 6.09 Å². The lowest BCUT2D eigenvalue weighted by molar-refractivity contribution is 0.148. The van der Waals surface area contributed by atoms with Gasteiger partial charge in [-0.25, -0.2) is 4.79 Å². The molecule has 0 aromatic rings. The summed E-state index contributed by atoms with van der Waals surface area (Å²) in [5.41, 5.74) is 0. The number of hydrogen-bond acceptors (Lipinski definition) is 2. The number of carbonyl (C=O) groups excluding carboxylic acids is 1. The van der Waals surface area contributed by atoms with E-state index in [1.807, 2.05) is 0 Å². The standard InChI is InChI=1S/C10H19NO2/c1-3-5-7-8-11-10(12)13-9-6-4-2/h4H,2-3,5-9H2,1H3,(H,11,12). The van der Waals surface area contributed by atoms with Crippen LogP contribution in [0, 0.1) is 0 Å². The summed E-state index contributed by atoms with van der Waals surface area (Å²) in [7, 11) is 0. The quantitative estimate of drug-likeness (QED) is 0.489. The summed E-state index contributed by atoms with van der Waals surface area (Å²) < 4.78 is 4.84. The fourth-order valence-electron chi connectivity index (χ4n) is 0.851. The van der Waals surface area contributed by atoms with Crippen LogP contribution in [0.2, 0.25) is 0 Å². The van der Waals surface area contributed by atoms with Gasteiger partial charge in [0.1, 0.15) is 0 Å². The van der Waals surface area contributed by atoms with E-state index in [2.05, 4.69) is 18.8 Å². The first-order valence-corrected chi connectivity index (χ1v) is 4.82. The molecule has 0 aromatic carbocycles. The maximum absolute atomic E-state index is 10.9. The predicted molar refractivity (Wildman–Crippen MR) is 53.7 cm³/mol.